The number of nitrogens with one attached hydrogen (secondary N) is 1. The summed E-state index contributed by atoms with van der Waals surface area (Å²) in [4.78, 5) is 12.4. The average molecular weight is 346 g/mol. The predicted octanol–water partition coefficient (Wildman–Crippen LogP) is 3.64. The van der Waals surface area contributed by atoms with Crippen LogP contribution in [0.1, 0.15) is 35.8 Å². The van der Waals surface area contributed by atoms with Gasteiger partial charge >= 0.3 is 0 Å². The summed E-state index contributed by atoms with van der Waals surface area (Å²) in [5.41, 5.74) is 1.58. The first-order valence-electron chi connectivity index (χ1n) is 6.83. The van der Waals surface area contributed by atoms with Gasteiger partial charge in [0.15, 0.2) is 0 Å². The van der Waals surface area contributed by atoms with Crippen LogP contribution >= 0.6 is 15.9 Å². The number of benzene rings is 1. The van der Waals surface area contributed by atoms with Gasteiger partial charge in [0.25, 0.3) is 5.91 Å². The second-order valence-electron chi connectivity index (χ2n) is 4.62. The molecule has 1 amide bonds. The lowest BCUT2D eigenvalue weighted by Crippen LogP contribution is -2.27. The predicted molar refractivity (Wildman–Crippen MR) is 85.4 cm³/mol. The minimum absolute atomic E-state index is 0.222. The van der Waals surface area contributed by atoms with Crippen molar-refractivity contribution in [3.63, 3.8) is 0 Å². The summed E-state index contributed by atoms with van der Waals surface area (Å²) in [6.07, 6.45) is 3.67. The molecule has 5 heteroatoms. The second-order valence-corrected chi connectivity index (χ2v) is 5.48. The maximum atomic E-state index is 12.4. The molecule has 108 valence electrons. The van der Waals surface area contributed by atoms with E-state index in [9.17, 15) is 10.1 Å². The van der Waals surface area contributed by atoms with Gasteiger partial charge in [-0.25, -0.2) is 0 Å². The van der Waals surface area contributed by atoms with Gasteiger partial charge in [-0.2, -0.15) is 5.26 Å². The molecule has 0 atom stereocenters. The normalized spacial score (nSPS) is 10.1. The highest BCUT2D eigenvalue weighted by Crippen LogP contribution is 2.24. The number of carbonyl (C=O) groups is 1. The SMILES string of the molecule is CCCCNC(=O)c1c(C#N)ccn1-c1ccccc1Br. The minimum Gasteiger partial charge on any atom is -0.351 e. The zero-order valence-electron chi connectivity index (χ0n) is 11.8. The van der Waals surface area contributed by atoms with Crippen LogP contribution in [0.15, 0.2) is 41.0 Å². The van der Waals surface area contributed by atoms with Crippen molar-refractivity contribution in [1.82, 2.24) is 9.88 Å². The van der Waals surface area contributed by atoms with Gasteiger partial charge in [0.05, 0.1) is 11.3 Å². The fourth-order valence-corrected chi connectivity index (χ4v) is 2.54. The number of halogens is 1. The first kappa shape index (κ1) is 15.3. The van der Waals surface area contributed by atoms with E-state index in [1.54, 1.807) is 16.8 Å². The largest absolute Gasteiger partial charge is 0.351 e. The zero-order valence-corrected chi connectivity index (χ0v) is 13.4. The molecule has 0 aliphatic rings. The van der Waals surface area contributed by atoms with Gasteiger partial charge in [0, 0.05) is 17.2 Å². The Morgan fingerprint density at radius 1 is 1.38 bits per heavy atom. The van der Waals surface area contributed by atoms with E-state index in [0.29, 0.717) is 17.8 Å². The molecular weight excluding hydrogens is 330 g/mol. The summed E-state index contributed by atoms with van der Waals surface area (Å²) in [5, 5.41) is 12.1. The minimum atomic E-state index is -0.222. The molecule has 0 radical (unpaired) electrons. The van der Waals surface area contributed by atoms with Crippen LogP contribution in [-0.4, -0.2) is 17.0 Å². The Hall–Kier alpha value is -2.06. The van der Waals surface area contributed by atoms with Crippen LogP contribution in [-0.2, 0) is 0 Å². The number of nitriles is 1. The molecule has 21 heavy (non-hydrogen) atoms. The van der Waals surface area contributed by atoms with Crippen molar-refractivity contribution in [2.75, 3.05) is 6.54 Å². The molecule has 1 heterocycles. The van der Waals surface area contributed by atoms with Crippen LogP contribution in [0.5, 0.6) is 0 Å². The van der Waals surface area contributed by atoms with Crippen molar-refractivity contribution in [3.05, 3.63) is 52.3 Å². The van der Waals surface area contributed by atoms with Crippen molar-refractivity contribution in [3.8, 4) is 11.8 Å². The third kappa shape index (κ3) is 3.34. The van der Waals surface area contributed by atoms with E-state index < -0.39 is 0 Å². The van der Waals surface area contributed by atoms with Crippen LogP contribution in [0, 0.1) is 11.3 Å². The molecule has 0 bridgehead atoms. The molecule has 0 saturated carbocycles. The molecule has 0 spiro atoms. The smallest absolute Gasteiger partial charge is 0.269 e. The maximum Gasteiger partial charge on any atom is 0.269 e. The van der Waals surface area contributed by atoms with Gasteiger partial charge in [0.1, 0.15) is 11.8 Å². The number of aromatic nitrogens is 1. The lowest BCUT2D eigenvalue weighted by Gasteiger charge is -2.11. The van der Waals surface area contributed by atoms with Crippen LogP contribution < -0.4 is 5.32 Å². The molecule has 2 aromatic rings. The first-order valence-corrected chi connectivity index (χ1v) is 7.63. The van der Waals surface area contributed by atoms with Crippen molar-refractivity contribution < 1.29 is 4.79 Å². The average Bonchev–Trinajstić information content (AvgIpc) is 2.91. The van der Waals surface area contributed by atoms with Gasteiger partial charge in [-0.15, -0.1) is 0 Å². The third-order valence-electron chi connectivity index (χ3n) is 3.15. The molecule has 0 aliphatic heterocycles. The standard InChI is InChI=1S/C16H16BrN3O/c1-2-3-9-19-16(21)15-12(11-18)8-10-20(15)14-7-5-4-6-13(14)17/h4-8,10H,2-3,9H2,1H3,(H,19,21). The van der Waals surface area contributed by atoms with Crippen molar-refractivity contribution >= 4 is 21.8 Å². The van der Waals surface area contributed by atoms with Crippen LogP contribution in [0.2, 0.25) is 0 Å². The number of unbranched alkanes of at least 4 members (excludes halogenated alkanes) is 1. The van der Waals surface area contributed by atoms with Crippen molar-refractivity contribution in [2.45, 2.75) is 19.8 Å². The molecule has 2 rings (SSSR count). The highest BCUT2D eigenvalue weighted by atomic mass is 79.9. The second kappa shape index (κ2) is 7.09. The monoisotopic (exact) mass is 345 g/mol. The van der Waals surface area contributed by atoms with E-state index in [2.05, 4.69) is 34.2 Å². The van der Waals surface area contributed by atoms with Crippen LogP contribution in [0.3, 0.4) is 0 Å². The molecule has 0 fully saturated rings. The van der Waals surface area contributed by atoms with E-state index in [-0.39, 0.29) is 5.91 Å². The Labute approximate surface area is 132 Å². The number of para-hydroxylation sites is 1. The highest BCUT2D eigenvalue weighted by Gasteiger charge is 2.18. The topological polar surface area (TPSA) is 57.8 Å². The number of amides is 1. The lowest BCUT2D eigenvalue weighted by molar-refractivity contribution is 0.0946. The number of nitrogens with zero attached hydrogens (tertiary/aromatic N) is 2. The lowest BCUT2D eigenvalue weighted by atomic mass is 10.2. The highest BCUT2D eigenvalue weighted by molar-refractivity contribution is 9.10. The number of hydrogen-bond donors (Lipinski definition) is 1. The summed E-state index contributed by atoms with van der Waals surface area (Å²) in [5.74, 6) is -0.222. The Morgan fingerprint density at radius 3 is 2.81 bits per heavy atom. The summed E-state index contributed by atoms with van der Waals surface area (Å²) >= 11 is 3.48. The van der Waals surface area contributed by atoms with Gasteiger partial charge in [-0.05, 0) is 40.5 Å². The Kier molecular flexibility index (Phi) is 5.18. The molecule has 4 nitrogen and oxygen atoms in total. The quantitative estimate of drug-likeness (QED) is 0.841. The Bertz CT molecular complexity index is 685. The van der Waals surface area contributed by atoms with Crippen LogP contribution in [0.25, 0.3) is 5.69 Å². The fraction of sp³-hybridized carbons (Fsp3) is 0.250. The maximum absolute atomic E-state index is 12.4. The Morgan fingerprint density at radius 2 is 2.14 bits per heavy atom. The van der Waals surface area contributed by atoms with E-state index in [0.717, 1.165) is 23.0 Å². The van der Waals surface area contributed by atoms with Gasteiger partial charge in [0.2, 0.25) is 0 Å². The molecule has 0 aliphatic carbocycles. The molecular formula is C16H16BrN3O. The number of hydrogen-bond acceptors (Lipinski definition) is 2. The summed E-state index contributed by atoms with van der Waals surface area (Å²) in [6, 6.07) is 11.3. The zero-order chi connectivity index (χ0) is 15.2. The number of carbonyl (C=O) groups excluding carboxylic acids is 1. The molecule has 0 saturated heterocycles. The van der Waals surface area contributed by atoms with Gasteiger partial charge < -0.3 is 9.88 Å². The number of rotatable bonds is 5. The van der Waals surface area contributed by atoms with Crippen molar-refractivity contribution in [2.24, 2.45) is 0 Å². The van der Waals surface area contributed by atoms with E-state index in [4.69, 9.17) is 0 Å². The van der Waals surface area contributed by atoms with E-state index >= 15 is 0 Å². The molecule has 1 N–H and O–H groups in total. The first-order chi connectivity index (χ1) is 10.2. The van der Waals surface area contributed by atoms with Gasteiger partial charge in [-0.3, -0.25) is 4.79 Å². The molecule has 1 aromatic heterocycles. The summed E-state index contributed by atoms with van der Waals surface area (Å²) in [6.45, 7) is 2.68. The van der Waals surface area contributed by atoms with Crippen molar-refractivity contribution in [1.29, 1.82) is 5.26 Å². The van der Waals surface area contributed by atoms with Gasteiger partial charge in [-0.1, -0.05) is 25.5 Å². The molecule has 0 unspecified atom stereocenters. The molecule has 1 aromatic carbocycles. The third-order valence-corrected chi connectivity index (χ3v) is 3.82. The van der Waals surface area contributed by atoms with Crippen LogP contribution in [0.4, 0.5) is 0 Å². The Balaban J connectivity index is 2.41. The summed E-state index contributed by atoms with van der Waals surface area (Å²) < 4.78 is 2.61. The van der Waals surface area contributed by atoms with E-state index in [1.807, 2.05) is 24.3 Å². The van der Waals surface area contributed by atoms with E-state index in [1.165, 1.54) is 0 Å². The fourth-order valence-electron chi connectivity index (χ4n) is 2.06. The summed E-state index contributed by atoms with van der Waals surface area (Å²) in [7, 11) is 0.